The summed E-state index contributed by atoms with van der Waals surface area (Å²) in [7, 11) is 0. The second-order valence-corrected chi connectivity index (χ2v) is 2.55. The molecule has 0 aromatic carbocycles. The van der Waals surface area contributed by atoms with E-state index in [4.69, 9.17) is 4.74 Å². The topological polar surface area (TPSA) is 26.3 Å². The Hall–Kier alpha value is -0.790. The molecule has 11 heavy (non-hydrogen) atoms. The molecule has 0 saturated carbocycles. The van der Waals surface area contributed by atoms with Gasteiger partial charge in [-0.25, -0.2) is 0 Å². The molecule has 0 bridgehead atoms. The van der Waals surface area contributed by atoms with Crippen molar-refractivity contribution in [3.8, 4) is 0 Å². The molecule has 0 aromatic rings. The van der Waals surface area contributed by atoms with Crippen LogP contribution in [-0.2, 0) is 9.53 Å². The predicted molar refractivity (Wildman–Crippen MR) is 45.3 cm³/mol. The van der Waals surface area contributed by atoms with Crippen molar-refractivity contribution in [1.29, 1.82) is 0 Å². The number of carbonyl (C=O) groups is 1. The van der Waals surface area contributed by atoms with Gasteiger partial charge < -0.3 is 4.74 Å². The molecule has 64 valence electrons. The van der Waals surface area contributed by atoms with Crippen molar-refractivity contribution in [2.45, 2.75) is 33.6 Å². The van der Waals surface area contributed by atoms with E-state index in [2.05, 4.69) is 0 Å². The largest absolute Gasteiger partial charge is 0.461 e. The van der Waals surface area contributed by atoms with Gasteiger partial charge in [0.1, 0.15) is 6.61 Å². The molecule has 0 unspecified atom stereocenters. The summed E-state index contributed by atoms with van der Waals surface area (Å²) in [5, 5.41) is 0. The fourth-order valence-electron chi connectivity index (χ4n) is 0.554. The third-order valence-electron chi connectivity index (χ3n) is 1.41. The van der Waals surface area contributed by atoms with Gasteiger partial charge in [-0.2, -0.15) is 0 Å². The lowest BCUT2D eigenvalue weighted by Gasteiger charge is -2.02. The van der Waals surface area contributed by atoms with Crippen LogP contribution in [0, 0.1) is 0 Å². The SMILES string of the molecule is C/C=C(\C)COC(=O)CCC. The second kappa shape index (κ2) is 5.96. The van der Waals surface area contributed by atoms with E-state index in [-0.39, 0.29) is 5.97 Å². The lowest BCUT2D eigenvalue weighted by molar-refractivity contribution is -0.142. The Bertz CT molecular complexity index is 148. The molecular weight excluding hydrogens is 140 g/mol. The molecule has 0 spiro atoms. The van der Waals surface area contributed by atoms with E-state index in [1.54, 1.807) is 0 Å². The molecule has 0 atom stereocenters. The van der Waals surface area contributed by atoms with Crippen LogP contribution in [0.4, 0.5) is 0 Å². The molecule has 0 fully saturated rings. The van der Waals surface area contributed by atoms with Crippen LogP contribution in [0.3, 0.4) is 0 Å². The van der Waals surface area contributed by atoms with Gasteiger partial charge in [0.05, 0.1) is 0 Å². The Morgan fingerprint density at radius 2 is 2.18 bits per heavy atom. The zero-order chi connectivity index (χ0) is 8.69. The molecule has 0 aliphatic carbocycles. The summed E-state index contributed by atoms with van der Waals surface area (Å²) < 4.78 is 4.93. The first-order chi connectivity index (χ1) is 5.20. The minimum Gasteiger partial charge on any atom is -0.461 e. The zero-order valence-corrected chi connectivity index (χ0v) is 7.52. The Kier molecular flexibility index (Phi) is 5.53. The van der Waals surface area contributed by atoms with Gasteiger partial charge in [-0.05, 0) is 25.8 Å². The highest BCUT2D eigenvalue weighted by Crippen LogP contribution is 1.96. The zero-order valence-electron chi connectivity index (χ0n) is 7.52. The molecule has 0 aromatic heterocycles. The summed E-state index contributed by atoms with van der Waals surface area (Å²) in [6.45, 7) is 6.28. The van der Waals surface area contributed by atoms with Crippen LogP contribution in [0.2, 0.25) is 0 Å². The maximum absolute atomic E-state index is 10.8. The van der Waals surface area contributed by atoms with Crippen molar-refractivity contribution in [3.63, 3.8) is 0 Å². The standard InChI is InChI=1S/C9H16O2/c1-4-6-9(10)11-7-8(3)5-2/h5H,4,6-7H2,1-3H3/b8-5+. The number of carbonyl (C=O) groups excluding carboxylic acids is 1. The molecule has 0 heterocycles. The van der Waals surface area contributed by atoms with Crippen LogP contribution in [0.25, 0.3) is 0 Å². The van der Waals surface area contributed by atoms with Crippen molar-refractivity contribution in [3.05, 3.63) is 11.6 Å². The minimum absolute atomic E-state index is 0.103. The molecule has 0 aliphatic rings. The van der Waals surface area contributed by atoms with Crippen LogP contribution < -0.4 is 0 Å². The average Bonchev–Trinajstić information content (AvgIpc) is 2.01. The van der Waals surface area contributed by atoms with Crippen molar-refractivity contribution in [2.75, 3.05) is 6.61 Å². The smallest absolute Gasteiger partial charge is 0.306 e. The van der Waals surface area contributed by atoms with Gasteiger partial charge in [0, 0.05) is 6.42 Å². The van der Waals surface area contributed by atoms with E-state index < -0.39 is 0 Å². The number of esters is 1. The van der Waals surface area contributed by atoms with Crippen molar-refractivity contribution < 1.29 is 9.53 Å². The monoisotopic (exact) mass is 156 g/mol. The fourth-order valence-corrected chi connectivity index (χ4v) is 0.554. The molecule has 2 heteroatoms. The predicted octanol–water partition coefficient (Wildman–Crippen LogP) is 2.30. The summed E-state index contributed by atoms with van der Waals surface area (Å²) in [5.74, 6) is -0.103. The minimum atomic E-state index is -0.103. The Morgan fingerprint density at radius 1 is 1.55 bits per heavy atom. The van der Waals surface area contributed by atoms with Crippen molar-refractivity contribution in [2.24, 2.45) is 0 Å². The lowest BCUT2D eigenvalue weighted by atomic mass is 10.3. The second-order valence-electron chi connectivity index (χ2n) is 2.55. The summed E-state index contributed by atoms with van der Waals surface area (Å²) in [4.78, 5) is 10.8. The number of hydrogen-bond donors (Lipinski definition) is 0. The van der Waals surface area contributed by atoms with E-state index in [1.165, 1.54) is 0 Å². The van der Waals surface area contributed by atoms with E-state index >= 15 is 0 Å². The van der Waals surface area contributed by atoms with Crippen LogP contribution in [-0.4, -0.2) is 12.6 Å². The Balaban J connectivity index is 3.46. The lowest BCUT2D eigenvalue weighted by Crippen LogP contribution is -2.05. The number of rotatable bonds is 4. The summed E-state index contributed by atoms with van der Waals surface area (Å²) in [6.07, 6.45) is 3.32. The van der Waals surface area contributed by atoms with Gasteiger partial charge in [0.2, 0.25) is 0 Å². The van der Waals surface area contributed by atoms with Gasteiger partial charge in [0.15, 0.2) is 0 Å². The Morgan fingerprint density at radius 3 is 2.64 bits per heavy atom. The Labute approximate surface area is 68.2 Å². The van der Waals surface area contributed by atoms with Crippen LogP contribution in [0.15, 0.2) is 11.6 Å². The highest BCUT2D eigenvalue weighted by molar-refractivity contribution is 5.69. The highest BCUT2D eigenvalue weighted by Gasteiger charge is 1.99. The third-order valence-corrected chi connectivity index (χ3v) is 1.41. The van der Waals surface area contributed by atoms with Crippen LogP contribution in [0.5, 0.6) is 0 Å². The summed E-state index contributed by atoms with van der Waals surface area (Å²) in [5.41, 5.74) is 1.09. The first-order valence-corrected chi connectivity index (χ1v) is 3.98. The molecule has 0 amide bonds. The van der Waals surface area contributed by atoms with E-state index in [1.807, 2.05) is 26.8 Å². The number of hydrogen-bond acceptors (Lipinski definition) is 2. The van der Waals surface area contributed by atoms with Crippen molar-refractivity contribution in [1.82, 2.24) is 0 Å². The van der Waals surface area contributed by atoms with E-state index in [0.29, 0.717) is 13.0 Å². The molecule has 0 rings (SSSR count). The van der Waals surface area contributed by atoms with Gasteiger partial charge in [0.25, 0.3) is 0 Å². The molecule has 0 N–H and O–H groups in total. The number of ether oxygens (including phenoxy) is 1. The van der Waals surface area contributed by atoms with E-state index in [0.717, 1.165) is 12.0 Å². The molecule has 2 nitrogen and oxygen atoms in total. The fraction of sp³-hybridized carbons (Fsp3) is 0.667. The van der Waals surface area contributed by atoms with Crippen LogP contribution in [0.1, 0.15) is 33.6 Å². The third kappa shape index (κ3) is 5.64. The first kappa shape index (κ1) is 10.2. The number of allylic oxidation sites excluding steroid dienone is 1. The maximum Gasteiger partial charge on any atom is 0.306 e. The maximum atomic E-state index is 10.8. The normalized spacial score (nSPS) is 11.4. The van der Waals surface area contributed by atoms with Gasteiger partial charge in [-0.3, -0.25) is 4.79 Å². The first-order valence-electron chi connectivity index (χ1n) is 3.98. The molecule has 0 aliphatic heterocycles. The quantitative estimate of drug-likeness (QED) is 0.461. The molecular formula is C9H16O2. The average molecular weight is 156 g/mol. The van der Waals surface area contributed by atoms with Crippen molar-refractivity contribution >= 4 is 5.97 Å². The molecule has 0 radical (unpaired) electrons. The summed E-state index contributed by atoms with van der Waals surface area (Å²) >= 11 is 0. The van der Waals surface area contributed by atoms with Gasteiger partial charge in [-0.1, -0.05) is 13.0 Å². The van der Waals surface area contributed by atoms with Gasteiger partial charge in [-0.15, -0.1) is 0 Å². The summed E-state index contributed by atoms with van der Waals surface area (Å²) in [6, 6.07) is 0. The highest BCUT2D eigenvalue weighted by atomic mass is 16.5. The van der Waals surface area contributed by atoms with Crippen LogP contribution >= 0.6 is 0 Å². The van der Waals surface area contributed by atoms with Gasteiger partial charge >= 0.3 is 5.97 Å². The van der Waals surface area contributed by atoms with E-state index in [9.17, 15) is 4.79 Å². The molecule has 0 saturated heterocycles.